The van der Waals surface area contributed by atoms with Gasteiger partial charge in [0, 0.05) is 12.5 Å². The fourth-order valence-corrected chi connectivity index (χ4v) is 3.16. The molecule has 0 bridgehead atoms. The average molecular weight is 317 g/mol. The molecule has 3 N–H and O–H groups in total. The number of hydrogen-bond donors (Lipinski definition) is 3. The van der Waals surface area contributed by atoms with Crippen molar-refractivity contribution in [2.75, 3.05) is 6.61 Å². The molecule has 0 radical (unpaired) electrons. The van der Waals surface area contributed by atoms with E-state index in [2.05, 4.69) is 4.98 Å². The molecule has 1 fully saturated rings. The van der Waals surface area contributed by atoms with Gasteiger partial charge in [0.2, 0.25) is 0 Å². The van der Waals surface area contributed by atoms with E-state index in [1.807, 2.05) is 0 Å². The van der Waals surface area contributed by atoms with Crippen LogP contribution in [0.4, 0.5) is 0 Å². The van der Waals surface area contributed by atoms with Gasteiger partial charge in [-0.25, -0.2) is 4.98 Å². The normalized spacial score (nSPS) is 30.2. The van der Waals surface area contributed by atoms with Crippen molar-refractivity contribution in [1.29, 1.82) is 0 Å². The zero-order valence-corrected chi connectivity index (χ0v) is 12.0. The van der Waals surface area contributed by atoms with Crippen LogP contribution in [-0.2, 0) is 0 Å². The second kappa shape index (κ2) is 5.16. The van der Waals surface area contributed by atoms with Crippen molar-refractivity contribution in [1.82, 2.24) is 9.55 Å². The zero-order chi connectivity index (χ0) is 14.4. The fraction of sp³-hybridized carbons (Fsp3) is 0.462. The molecule has 2 aromatic rings. The first-order valence-corrected chi connectivity index (χ1v) is 7.07. The molecule has 1 aromatic heterocycles. The van der Waals surface area contributed by atoms with Crippen LogP contribution < -0.4 is 0 Å². The highest BCUT2D eigenvalue weighted by Gasteiger charge is 2.42. The summed E-state index contributed by atoms with van der Waals surface area (Å²) in [6, 6.07) is 3.01. The van der Waals surface area contributed by atoms with E-state index < -0.39 is 12.2 Å². The summed E-state index contributed by atoms with van der Waals surface area (Å²) >= 11 is 12.0. The first kappa shape index (κ1) is 14.1. The lowest BCUT2D eigenvalue weighted by molar-refractivity contribution is -0.00365. The van der Waals surface area contributed by atoms with Gasteiger partial charge in [0.15, 0.2) is 0 Å². The maximum atomic E-state index is 10.1. The monoisotopic (exact) mass is 316 g/mol. The summed E-state index contributed by atoms with van der Waals surface area (Å²) in [5.74, 6) is -0.338. The first-order chi connectivity index (χ1) is 9.52. The molecule has 3 rings (SSSR count). The minimum absolute atomic E-state index is 0.159. The number of hydrogen-bond acceptors (Lipinski definition) is 4. The summed E-state index contributed by atoms with van der Waals surface area (Å²) < 4.78 is 1.78. The summed E-state index contributed by atoms with van der Waals surface area (Å²) in [7, 11) is 0. The number of nitrogens with zero attached hydrogens (tertiary/aromatic N) is 2. The van der Waals surface area contributed by atoms with Crippen molar-refractivity contribution in [3.05, 3.63) is 28.5 Å². The molecule has 20 heavy (non-hydrogen) atoms. The summed E-state index contributed by atoms with van der Waals surface area (Å²) in [6.45, 7) is -0.159. The number of aliphatic hydroxyl groups excluding tert-OH is 3. The van der Waals surface area contributed by atoms with E-state index >= 15 is 0 Å². The van der Waals surface area contributed by atoms with Gasteiger partial charge in [-0.15, -0.1) is 0 Å². The van der Waals surface area contributed by atoms with Crippen molar-refractivity contribution in [2.24, 2.45) is 5.92 Å². The van der Waals surface area contributed by atoms with Gasteiger partial charge in [0.1, 0.15) is 6.10 Å². The molecule has 108 valence electrons. The minimum atomic E-state index is -0.945. The van der Waals surface area contributed by atoms with E-state index in [4.69, 9.17) is 23.2 Å². The molecule has 0 amide bonds. The van der Waals surface area contributed by atoms with E-state index in [1.54, 1.807) is 23.0 Å². The van der Waals surface area contributed by atoms with Crippen molar-refractivity contribution >= 4 is 34.2 Å². The Morgan fingerprint density at radius 1 is 1.20 bits per heavy atom. The van der Waals surface area contributed by atoms with Gasteiger partial charge < -0.3 is 19.9 Å². The van der Waals surface area contributed by atoms with Gasteiger partial charge in [-0.2, -0.15) is 0 Å². The van der Waals surface area contributed by atoms with Gasteiger partial charge in [-0.1, -0.05) is 23.2 Å². The third kappa shape index (κ3) is 2.10. The van der Waals surface area contributed by atoms with Crippen molar-refractivity contribution < 1.29 is 15.3 Å². The second-order valence-electron chi connectivity index (χ2n) is 5.13. The van der Waals surface area contributed by atoms with Gasteiger partial charge in [0.25, 0.3) is 0 Å². The number of aromatic nitrogens is 2. The van der Waals surface area contributed by atoms with Gasteiger partial charge in [0.05, 0.1) is 39.6 Å². The molecule has 1 aromatic carbocycles. The maximum Gasteiger partial charge on any atom is 0.101 e. The molecule has 0 aliphatic heterocycles. The lowest BCUT2D eigenvalue weighted by atomic mass is 10.1. The Labute approximate surface area is 125 Å². The van der Waals surface area contributed by atoms with Crippen LogP contribution in [-0.4, -0.2) is 43.7 Å². The first-order valence-electron chi connectivity index (χ1n) is 6.31. The Bertz CT molecular complexity index is 646. The SMILES string of the molecule is OC[C@@H]1C[C@H](n2cnc3cc(Cl)c(Cl)cc32)[C@H](O)[C@@H]1O. The molecule has 1 saturated carbocycles. The molecular formula is C13H14Cl2N2O3. The number of halogens is 2. The predicted molar refractivity (Wildman–Crippen MR) is 76.0 cm³/mol. The van der Waals surface area contributed by atoms with Crippen LogP contribution in [0.2, 0.25) is 10.0 Å². The minimum Gasteiger partial charge on any atom is -0.396 e. The number of aliphatic hydroxyl groups is 3. The quantitative estimate of drug-likeness (QED) is 0.786. The molecule has 1 heterocycles. The smallest absolute Gasteiger partial charge is 0.101 e. The van der Waals surface area contributed by atoms with Crippen molar-refractivity contribution in [3.63, 3.8) is 0 Å². The summed E-state index contributed by atoms with van der Waals surface area (Å²) in [5, 5.41) is 30.1. The molecule has 0 saturated heterocycles. The van der Waals surface area contributed by atoms with E-state index in [9.17, 15) is 15.3 Å². The molecule has 0 unspecified atom stereocenters. The summed E-state index contributed by atoms with van der Waals surface area (Å²) in [6.07, 6.45) is 0.187. The topological polar surface area (TPSA) is 78.5 Å². The third-order valence-corrected chi connectivity index (χ3v) is 4.70. The predicted octanol–water partition coefficient (Wildman–Crippen LogP) is 1.62. The van der Waals surface area contributed by atoms with Crippen LogP contribution in [0.1, 0.15) is 12.5 Å². The molecule has 0 spiro atoms. The Balaban J connectivity index is 2.05. The third-order valence-electron chi connectivity index (χ3n) is 3.98. The molecular weight excluding hydrogens is 303 g/mol. The zero-order valence-electron chi connectivity index (χ0n) is 10.4. The van der Waals surface area contributed by atoms with E-state index in [0.29, 0.717) is 22.0 Å². The summed E-state index contributed by atoms with van der Waals surface area (Å²) in [4.78, 5) is 4.24. The highest BCUT2D eigenvalue weighted by atomic mass is 35.5. The number of rotatable bonds is 2. The molecule has 1 aliphatic rings. The standard InChI is InChI=1S/C13H14Cl2N2O3/c14-7-2-9-10(3-8(7)15)17(5-16-9)11-1-6(4-18)12(19)13(11)20/h2-3,5-6,11-13,18-20H,1,4H2/t6-,11-,12+,13-/m0/s1. The molecule has 5 nitrogen and oxygen atoms in total. The second-order valence-corrected chi connectivity index (χ2v) is 5.95. The Morgan fingerprint density at radius 3 is 2.55 bits per heavy atom. The fourth-order valence-electron chi connectivity index (χ4n) is 2.84. The summed E-state index contributed by atoms with van der Waals surface area (Å²) in [5.41, 5.74) is 1.42. The molecule has 1 aliphatic carbocycles. The lowest BCUT2D eigenvalue weighted by Gasteiger charge is -2.18. The maximum absolute atomic E-state index is 10.1. The highest BCUT2D eigenvalue weighted by molar-refractivity contribution is 6.42. The Morgan fingerprint density at radius 2 is 1.90 bits per heavy atom. The largest absolute Gasteiger partial charge is 0.396 e. The average Bonchev–Trinajstić information content (AvgIpc) is 2.94. The van der Waals surface area contributed by atoms with Crippen molar-refractivity contribution in [2.45, 2.75) is 24.7 Å². The number of imidazole rings is 1. The number of benzene rings is 1. The Hall–Kier alpha value is -0.850. The Kier molecular flexibility index (Phi) is 3.64. The highest BCUT2D eigenvalue weighted by Crippen LogP contribution is 2.38. The number of fused-ring (bicyclic) bond motifs is 1. The van der Waals surface area contributed by atoms with Crippen LogP contribution in [0.25, 0.3) is 11.0 Å². The van der Waals surface area contributed by atoms with E-state index in [0.717, 1.165) is 5.52 Å². The van der Waals surface area contributed by atoms with Gasteiger partial charge >= 0.3 is 0 Å². The van der Waals surface area contributed by atoms with Crippen LogP contribution in [0, 0.1) is 5.92 Å². The van der Waals surface area contributed by atoms with Crippen LogP contribution in [0.5, 0.6) is 0 Å². The van der Waals surface area contributed by atoms with Crippen LogP contribution in [0.3, 0.4) is 0 Å². The van der Waals surface area contributed by atoms with Gasteiger partial charge in [-0.05, 0) is 18.6 Å². The van der Waals surface area contributed by atoms with E-state index in [1.165, 1.54) is 0 Å². The van der Waals surface area contributed by atoms with E-state index in [-0.39, 0.29) is 18.6 Å². The van der Waals surface area contributed by atoms with Gasteiger partial charge in [-0.3, -0.25) is 0 Å². The molecule has 4 atom stereocenters. The van der Waals surface area contributed by atoms with Crippen molar-refractivity contribution in [3.8, 4) is 0 Å². The van der Waals surface area contributed by atoms with Crippen LogP contribution >= 0.6 is 23.2 Å². The molecule has 7 heteroatoms. The van der Waals surface area contributed by atoms with Crippen LogP contribution in [0.15, 0.2) is 18.5 Å². The lowest BCUT2D eigenvalue weighted by Crippen LogP contribution is -2.30.